The maximum Gasteiger partial charge on any atom is 0.161 e. The van der Waals surface area contributed by atoms with E-state index in [0.29, 0.717) is 0 Å². The lowest BCUT2D eigenvalue weighted by Gasteiger charge is -2.19. The maximum absolute atomic E-state index is 9.75. The van der Waals surface area contributed by atoms with Crippen molar-refractivity contribution in [3.8, 4) is 11.5 Å². The van der Waals surface area contributed by atoms with Crippen LogP contribution in [0.1, 0.15) is 31.7 Å². The average Bonchev–Trinajstić information content (AvgIpc) is 2.75. The number of aryl methyl sites for hydroxylation is 1. The minimum atomic E-state index is -0.342. The van der Waals surface area contributed by atoms with Crippen molar-refractivity contribution >= 4 is 0 Å². The molecule has 1 aliphatic carbocycles. The lowest BCUT2D eigenvalue weighted by Crippen LogP contribution is -2.25. The highest BCUT2D eigenvalue weighted by atomic mass is 16.5. The van der Waals surface area contributed by atoms with Gasteiger partial charge in [-0.1, -0.05) is 13.0 Å². The quantitative estimate of drug-likeness (QED) is 0.873. The molecule has 0 radical (unpaired) electrons. The second-order valence-electron chi connectivity index (χ2n) is 4.49. The zero-order chi connectivity index (χ0) is 12.3. The van der Waals surface area contributed by atoms with Crippen LogP contribution in [0.3, 0.4) is 0 Å². The number of aliphatic hydroxyl groups is 1. The third-order valence-corrected chi connectivity index (χ3v) is 3.33. The standard InChI is InChI=1S/C14H20O3/c1-3-10-7-8-13(14(9-10)16-2)17-12-6-4-5-11(12)15/h7-9,11-12,15H,3-6H2,1-2H3/t11-,12-/m1/s1. The molecule has 1 saturated carbocycles. The van der Waals surface area contributed by atoms with Crippen molar-refractivity contribution in [3.63, 3.8) is 0 Å². The largest absolute Gasteiger partial charge is 0.493 e. The molecule has 1 aliphatic rings. The summed E-state index contributed by atoms with van der Waals surface area (Å²) in [5.74, 6) is 1.49. The van der Waals surface area contributed by atoms with Gasteiger partial charge in [-0.3, -0.25) is 0 Å². The molecular weight excluding hydrogens is 216 g/mol. The van der Waals surface area contributed by atoms with E-state index in [1.807, 2.05) is 18.2 Å². The molecule has 0 aromatic heterocycles. The molecule has 94 valence electrons. The molecule has 0 amide bonds. The molecule has 0 spiro atoms. The second-order valence-corrected chi connectivity index (χ2v) is 4.49. The zero-order valence-electron chi connectivity index (χ0n) is 10.5. The van der Waals surface area contributed by atoms with Crippen LogP contribution >= 0.6 is 0 Å². The van der Waals surface area contributed by atoms with Crippen LogP contribution in [0.2, 0.25) is 0 Å². The molecule has 0 saturated heterocycles. The Morgan fingerprint density at radius 3 is 2.71 bits per heavy atom. The maximum atomic E-state index is 9.75. The van der Waals surface area contributed by atoms with E-state index in [0.717, 1.165) is 37.2 Å². The minimum Gasteiger partial charge on any atom is -0.493 e. The van der Waals surface area contributed by atoms with Gasteiger partial charge in [-0.2, -0.15) is 0 Å². The average molecular weight is 236 g/mol. The Hall–Kier alpha value is -1.22. The van der Waals surface area contributed by atoms with E-state index < -0.39 is 0 Å². The summed E-state index contributed by atoms with van der Waals surface area (Å²) in [5, 5.41) is 9.75. The molecule has 0 heterocycles. The van der Waals surface area contributed by atoms with E-state index in [2.05, 4.69) is 6.92 Å². The van der Waals surface area contributed by atoms with Crippen molar-refractivity contribution in [2.45, 2.75) is 44.8 Å². The van der Waals surface area contributed by atoms with Crippen LogP contribution in [-0.4, -0.2) is 24.4 Å². The van der Waals surface area contributed by atoms with Crippen molar-refractivity contribution in [3.05, 3.63) is 23.8 Å². The summed E-state index contributed by atoms with van der Waals surface area (Å²) in [6, 6.07) is 5.97. The van der Waals surface area contributed by atoms with E-state index in [4.69, 9.17) is 9.47 Å². The fraction of sp³-hybridized carbons (Fsp3) is 0.571. The van der Waals surface area contributed by atoms with Crippen LogP contribution < -0.4 is 9.47 Å². The predicted octanol–water partition coefficient (Wildman–Crippen LogP) is 2.55. The molecule has 17 heavy (non-hydrogen) atoms. The Bertz CT molecular complexity index is 376. The molecule has 0 bridgehead atoms. The Kier molecular flexibility index (Phi) is 3.89. The van der Waals surface area contributed by atoms with Gasteiger partial charge in [0.2, 0.25) is 0 Å². The summed E-state index contributed by atoms with van der Waals surface area (Å²) < 4.78 is 11.2. The topological polar surface area (TPSA) is 38.7 Å². The number of rotatable bonds is 4. The molecule has 1 aromatic carbocycles. The number of aliphatic hydroxyl groups excluding tert-OH is 1. The Morgan fingerprint density at radius 1 is 1.29 bits per heavy atom. The molecular formula is C14H20O3. The van der Waals surface area contributed by atoms with Crippen molar-refractivity contribution in [1.29, 1.82) is 0 Å². The van der Waals surface area contributed by atoms with Crippen LogP contribution in [-0.2, 0) is 6.42 Å². The molecule has 3 nitrogen and oxygen atoms in total. The molecule has 0 aliphatic heterocycles. The molecule has 3 heteroatoms. The molecule has 1 fully saturated rings. The third-order valence-electron chi connectivity index (χ3n) is 3.33. The highest BCUT2D eigenvalue weighted by Gasteiger charge is 2.27. The van der Waals surface area contributed by atoms with Gasteiger partial charge in [-0.15, -0.1) is 0 Å². The van der Waals surface area contributed by atoms with Crippen molar-refractivity contribution in [2.75, 3.05) is 7.11 Å². The Labute approximate surface area is 102 Å². The van der Waals surface area contributed by atoms with Gasteiger partial charge in [0.05, 0.1) is 13.2 Å². The van der Waals surface area contributed by atoms with Gasteiger partial charge in [-0.25, -0.2) is 0 Å². The lowest BCUT2D eigenvalue weighted by molar-refractivity contribution is 0.0586. The first-order chi connectivity index (χ1) is 8.24. The van der Waals surface area contributed by atoms with Gasteiger partial charge in [0.1, 0.15) is 6.10 Å². The van der Waals surface area contributed by atoms with E-state index in [1.165, 1.54) is 5.56 Å². The number of benzene rings is 1. The molecule has 1 aromatic rings. The monoisotopic (exact) mass is 236 g/mol. The van der Waals surface area contributed by atoms with Gasteiger partial charge in [0, 0.05) is 0 Å². The summed E-state index contributed by atoms with van der Waals surface area (Å²) >= 11 is 0. The summed E-state index contributed by atoms with van der Waals surface area (Å²) in [6.07, 6.45) is 3.32. The number of methoxy groups -OCH3 is 1. The van der Waals surface area contributed by atoms with Gasteiger partial charge in [0.25, 0.3) is 0 Å². The molecule has 0 unspecified atom stereocenters. The highest BCUT2D eigenvalue weighted by Crippen LogP contribution is 2.32. The van der Waals surface area contributed by atoms with Crippen molar-refractivity contribution in [2.24, 2.45) is 0 Å². The van der Waals surface area contributed by atoms with Crippen LogP contribution in [0.15, 0.2) is 18.2 Å². The van der Waals surface area contributed by atoms with E-state index >= 15 is 0 Å². The summed E-state index contributed by atoms with van der Waals surface area (Å²) in [4.78, 5) is 0. The number of hydrogen-bond donors (Lipinski definition) is 1. The Morgan fingerprint density at radius 2 is 2.12 bits per heavy atom. The van der Waals surface area contributed by atoms with Gasteiger partial charge in [-0.05, 0) is 43.4 Å². The fourth-order valence-corrected chi connectivity index (χ4v) is 2.24. The highest BCUT2D eigenvalue weighted by molar-refractivity contribution is 5.43. The van der Waals surface area contributed by atoms with Crippen molar-refractivity contribution < 1.29 is 14.6 Å². The van der Waals surface area contributed by atoms with Crippen LogP contribution in [0.25, 0.3) is 0 Å². The number of ether oxygens (including phenoxy) is 2. The van der Waals surface area contributed by atoms with E-state index in [9.17, 15) is 5.11 Å². The van der Waals surface area contributed by atoms with Crippen LogP contribution in [0.5, 0.6) is 11.5 Å². The lowest BCUT2D eigenvalue weighted by atomic mass is 10.1. The zero-order valence-corrected chi connectivity index (χ0v) is 10.5. The second kappa shape index (κ2) is 5.41. The first-order valence-electron chi connectivity index (χ1n) is 6.26. The Balaban J connectivity index is 2.14. The first kappa shape index (κ1) is 12.2. The molecule has 2 rings (SSSR count). The van der Waals surface area contributed by atoms with Gasteiger partial charge in [0.15, 0.2) is 11.5 Å². The van der Waals surface area contributed by atoms with Crippen LogP contribution in [0.4, 0.5) is 0 Å². The fourth-order valence-electron chi connectivity index (χ4n) is 2.24. The smallest absolute Gasteiger partial charge is 0.161 e. The predicted molar refractivity (Wildman–Crippen MR) is 66.6 cm³/mol. The van der Waals surface area contributed by atoms with E-state index in [-0.39, 0.29) is 12.2 Å². The number of hydrogen-bond acceptors (Lipinski definition) is 3. The van der Waals surface area contributed by atoms with Crippen LogP contribution in [0, 0.1) is 0 Å². The molecule has 1 N–H and O–H groups in total. The summed E-state index contributed by atoms with van der Waals surface area (Å²) in [5.41, 5.74) is 1.22. The van der Waals surface area contributed by atoms with Crippen molar-refractivity contribution in [1.82, 2.24) is 0 Å². The minimum absolute atomic E-state index is 0.0867. The van der Waals surface area contributed by atoms with E-state index in [1.54, 1.807) is 7.11 Å². The summed E-state index contributed by atoms with van der Waals surface area (Å²) in [7, 11) is 1.65. The SMILES string of the molecule is CCc1ccc(O[C@@H]2CCC[C@H]2O)c(OC)c1. The first-order valence-corrected chi connectivity index (χ1v) is 6.26. The van der Waals surface area contributed by atoms with Gasteiger partial charge >= 0.3 is 0 Å². The normalized spacial score (nSPS) is 23.7. The van der Waals surface area contributed by atoms with Gasteiger partial charge < -0.3 is 14.6 Å². The summed E-state index contributed by atoms with van der Waals surface area (Å²) in [6.45, 7) is 2.11. The third kappa shape index (κ3) is 2.72. The molecule has 2 atom stereocenters.